The monoisotopic (exact) mass is 461 g/mol. The van der Waals surface area contributed by atoms with Gasteiger partial charge < -0.3 is 14.4 Å². The molecule has 0 N–H and O–H groups in total. The molecule has 0 saturated carbocycles. The first-order chi connectivity index (χ1) is 16.0. The molecule has 0 unspecified atom stereocenters. The molecule has 168 valence electrons. The Morgan fingerprint density at radius 2 is 1.70 bits per heavy atom. The van der Waals surface area contributed by atoms with Crippen molar-refractivity contribution < 1.29 is 4.79 Å². The summed E-state index contributed by atoms with van der Waals surface area (Å²) in [6.45, 7) is 4.65. The van der Waals surface area contributed by atoms with Crippen LogP contribution in [0.15, 0.2) is 71.7 Å². The van der Waals surface area contributed by atoms with Crippen LogP contribution in [0.5, 0.6) is 0 Å². The van der Waals surface area contributed by atoms with Gasteiger partial charge in [-0.2, -0.15) is 9.78 Å². The van der Waals surface area contributed by atoms with Crippen molar-refractivity contribution in [2.24, 2.45) is 0 Å². The van der Waals surface area contributed by atoms with Gasteiger partial charge in [0, 0.05) is 37.4 Å². The number of nitrogens with zero attached hydrogens (tertiary/aromatic N) is 5. The smallest absolute Gasteiger partial charge is 0.292 e. The van der Waals surface area contributed by atoms with Crippen LogP contribution >= 0.6 is 11.6 Å². The van der Waals surface area contributed by atoms with Gasteiger partial charge in [0.05, 0.1) is 17.6 Å². The molecule has 3 heterocycles. The molecule has 4 aromatic rings. The Labute approximate surface area is 196 Å². The maximum atomic E-state index is 13.0. The van der Waals surface area contributed by atoms with Crippen molar-refractivity contribution in [3.8, 4) is 5.69 Å². The summed E-state index contributed by atoms with van der Waals surface area (Å²) in [6, 6.07) is 19.4. The van der Waals surface area contributed by atoms with Crippen molar-refractivity contribution in [3.63, 3.8) is 0 Å². The van der Waals surface area contributed by atoms with Crippen molar-refractivity contribution in [3.05, 3.63) is 87.9 Å². The van der Waals surface area contributed by atoms with Gasteiger partial charge in [0.1, 0.15) is 11.6 Å². The van der Waals surface area contributed by atoms with Crippen molar-refractivity contribution in [2.45, 2.75) is 13.5 Å². The molecule has 1 fully saturated rings. The molecular formula is C25H24ClN5O2. The molecule has 0 spiro atoms. The predicted molar refractivity (Wildman–Crippen MR) is 130 cm³/mol. The second-order valence-electron chi connectivity index (χ2n) is 8.19. The Morgan fingerprint density at radius 3 is 2.45 bits per heavy atom. The lowest BCUT2D eigenvalue weighted by atomic mass is 10.2. The van der Waals surface area contributed by atoms with Gasteiger partial charge in [0.15, 0.2) is 0 Å². The maximum Gasteiger partial charge on any atom is 0.292 e. The largest absolute Gasteiger partial charge is 0.365 e. The van der Waals surface area contributed by atoms with Crippen molar-refractivity contribution in [1.29, 1.82) is 0 Å². The molecular weight excluding hydrogens is 438 g/mol. The summed E-state index contributed by atoms with van der Waals surface area (Å²) < 4.78 is 3.36. The number of hydrogen-bond acceptors (Lipinski definition) is 4. The van der Waals surface area contributed by atoms with E-state index >= 15 is 0 Å². The van der Waals surface area contributed by atoms with E-state index in [9.17, 15) is 9.59 Å². The van der Waals surface area contributed by atoms with E-state index in [1.807, 2.05) is 65.3 Å². The van der Waals surface area contributed by atoms with Crippen molar-refractivity contribution in [1.82, 2.24) is 19.2 Å². The quantitative estimate of drug-likeness (QED) is 0.466. The van der Waals surface area contributed by atoms with Crippen LogP contribution in [0.3, 0.4) is 0 Å². The molecule has 1 amide bonds. The number of para-hydroxylation sites is 2. The van der Waals surface area contributed by atoms with E-state index in [2.05, 4.69) is 21.8 Å². The minimum absolute atomic E-state index is 0.0859. The zero-order valence-electron chi connectivity index (χ0n) is 18.3. The van der Waals surface area contributed by atoms with E-state index in [-0.39, 0.29) is 16.5 Å². The Kier molecular flexibility index (Phi) is 5.64. The highest BCUT2D eigenvalue weighted by atomic mass is 35.5. The van der Waals surface area contributed by atoms with Gasteiger partial charge in [0.2, 0.25) is 5.91 Å². The number of piperazine rings is 1. The van der Waals surface area contributed by atoms with Crippen LogP contribution in [-0.2, 0) is 11.3 Å². The summed E-state index contributed by atoms with van der Waals surface area (Å²) in [5.74, 6) is 0.0859. The minimum Gasteiger partial charge on any atom is -0.365 e. The number of aromatic nitrogens is 3. The van der Waals surface area contributed by atoms with Crippen LogP contribution in [0.4, 0.5) is 5.69 Å². The number of aryl methyl sites for hydroxylation is 1. The SMILES string of the molecule is Cc1cc2ccccc2n1CC(=O)N1CCN(c2cnn(-c3ccccc3)c(=O)c2Cl)CC1. The van der Waals surface area contributed by atoms with Crippen LogP contribution < -0.4 is 10.5 Å². The number of rotatable bonds is 4. The van der Waals surface area contributed by atoms with Crippen LogP contribution in [-0.4, -0.2) is 51.3 Å². The number of carbonyl (C=O) groups excluding carboxylic acids is 1. The molecule has 1 aliphatic rings. The highest BCUT2D eigenvalue weighted by Gasteiger charge is 2.25. The molecule has 0 aliphatic carbocycles. The van der Waals surface area contributed by atoms with Crippen LogP contribution in [0, 0.1) is 6.92 Å². The average Bonchev–Trinajstić information content (AvgIpc) is 3.16. The Morgan fingerprint density at radius 1 is 1.00 bits per heavy atom. The van der Waals surface area contributed by atoms with E-state index in [1.165, 1.54) is 4.68 Å². The third-order valence-electron chi connectivity index (χ3n) is 6.19. The maximum absolute atomic E-state index is 13.0. The van der Waals surface area contributed by atoms with Crippen LogP contribution in [0.1, 0.15) is 5.69 Å². The Hall–Kier alpha value is -3.58. The Bertz CT molecular complexity index is 1370. The summed E-state index contributed by atoms with van der Waals surface area (Å²) in [6.07, 6.45) is 1.63. The van der Waals surface area contributed by atoms with E-state index in [0.29, 0.717) is 44.1 Å². The topological polar surface area (TPSA) is 63.4 Å². The molecule has 8 heteroatoms. The molecule has 2 aromatic carbocycles. The first-order valence-electron chi connectivity index (χ1n) is 10.9. The molecule has 0 atom stereocenters. The number of amides is 1. The number of hydrogen-bond donors (Lipinski definition) is 0. The predicted octanol–water partition coefficient (Wildman–Crippen LogP) is 3.50. The van der Waals surface area contributed by atoms with Crippen molar-refractivity contribution in [2.75, 3.05) is 31.1 Å². The lowest BCUT2D eigenvalue weighted by Crippen LogP contribution is -2.50. The van der Waals surface area contributed by atoms with E-state index < -0.39 is 0 Å². The fourth-order valence-corrected chi connectivity index (χ4v) is 4.64. The zero-order chi connectivity index (χ0) is 22.9. The van der Waals surface area contributed by atoms with Gasteiger partial charge in [0.25, 0.3) is 5.56 Å². The highest BCUT2D eigenvalue weighted by molar-refractivity contribution is 6.33. The lowest BCUT2D eigenvalue weighted by Gasteiger charge is -2.36. The highest BCUT2D eigenvalue weighted by Crippen LogP contribution is 2.24. The van der Waals surface area contributed by atoms with Crippen molar-refractivity contribution >= 4 is 34.1 Å². The fourth-order valence-electron chi connectivity index (χ4n) is 4.39. The molecule has 5 rings (SSSR count). The number of carbonyl (C=O) groups is 1. The zero-order valence-corrected chi connectivity index (χ0v) is 19.1. The molecule has 7 nitrogen and oxygen atoms in total. The summed E-state index contributed by atoms with van der Waals surface area (Å²) in [7, 11) is 0. The molecule has 0 radical (unpaired) electrons. The van der Waals surface area contributed by atoms with Gasteiger partial charge in [-0.15, -0.1) is 0 Å². The lowest BCUT2D eigenvalue weighted by molar-refractivity contribution is -0.132. The third-order valence-corrected chi connectivity index (χ3v) is 6.54. The third kappa shape index (κ3) is 4.00. The summed E-state index contributed by atoms with van der Waals surface area (Å²) >= 11 is 6.45. The number of halogens is 1. The van der Waals surface area contributed by atoms with Gasteiger partial charge in [-0.3, -0.25) is 9.59 Å². The molecule has 1 aliphatic heterocycles. The van der Waals surface area contributed by atoms with E-state index in [0.717, 1.165) is 16.6 Å². The number of fused-ring (bicyclic) bond motifs is 1. The van der Waals surface area contributed by atoms with Crippen LogP contribution in [0.2, 0.25) is 5.02 Å². The first-order valence-corrected chi connectivity index (χ1v) is 11.3. The summed E-state index contributed by atoms with van der Waals surface area (Å²) in [4.78, 5) is 29.7. The second kappa shape index (κ2) is 8.75. The van der Waals surface area contributed by atoms with Gasteiger partial charge in [-0.05, 0) is 36.6 Å². The Balaban J connectivity index is 1.28. The van der Waals surface area contributed by atoms with E-state index in [1.54, 1.807) is 6.20 Å². The fraction of sp³-hybridized carbons (Fsp3) is 0.240. The van der Waals surface area contributed by atoms with Gasteiger partial charge in [-0.1, -0.05) is 48.0 Å². The van der Waals surface area contributed by atoms with Crippen LogP contribution in [0.25, 0.3) is 16.6 Å². The van der Waals surface area contributed by atoms with Gasteiger partial charge in [-0.25, -0.2) is 0 Å². The van der Waals surface area contributed by atoms with Gasteiger partial charge >= 0.3 is 0 Å². The molecule has 1 saturated heterocycles. The minimum atomic E-state index is -0.353. The second-order valence-corrected chi connectivity index (χ2v) is 8.57. The standard InChI is InChI=1S/C25H24ClN5O2/c1-18-15-19-7-5-6-10-21(19)30(18)17-23(32)29-13-11-28(12-14-29)22-16-27-31(25(33)24(22)26)20-8-3-2-4-9-20/h2-10,15-16H,11-14,17H2,1H3. The molecule has 0 bridgehead atoms. The average molecular weight is 462 g/mol. The van der Waals surface area contributed by atoms with E-state index in [4.69, 9.17) is 11.6 Å². The molecule has 33 heavy (non-hydrogen) atoms. The normalized spacial score (nSPS) is 14.1. The molecule has 2 aromatic heterocycles. The summed E-state index contributed by atoms with van der Waals surface area (Å²) in [5.41, 5.74) is 3.06. The summed E-state index contributed by atoms with van der Waals surface area (Å²) in [5, 5.41) is 5.60. The number of anilines is 1. The number of benzene rings is 2. The first kappa shape index (κ1) is 21.3.